The zero-order valence-corrected chi connectivity index (χ0v) is 59.8. The lowest BCUT2D eigenvalue weighted by atomic mass is 10.1. The average molecular weight is 1390 g/mol. The molecule has 0 fully saturated rings. The van der Waals surface area contributed by atoms with Crippen LogP contribution in [-0.4, -0.2) is 22.8 Å². The van der Waals surface area contributed by atoms with Gasteiger partial charge in [-0.2, -0.15) is 0 Å². The summed E-state index contributed by atoms with van der Waals surface area (Å²) in [7, 11) is 10.7. The molecule has 0 aliphatic heterocycles. The average Bonchev–Trinajstić information content (AvgIpc) is 1.60. The maximum Gasteiger partial charge on any atom is 0.159 e. The van der Waals surface area contributed by atoms with Crippen LogP contribution in [0.2, 0.25) is 0 Å². The molecule has 0 bridgehead atoms. The van der Waals surface area contributed by atoms with Crippen molar-refractivity contribution < 1.29 is 13.3 Å². The first-order valence-corrected chi connectivity index (χ1v) is 37.2. The Hall–Kier alpha value is -12.9. The lowest BCUT2D eigenvalue weighted by Crippen LogP contribution is -1.86. The van der Waals surface area contributed by atoms with E-state index in [0.29, 0.717) is 0 Å². The molecular weight excluding hydrogens is 1320 g/mol. The normalized spacial score (nSPS) is 12.0. The van der Waals surface area contributed by atoms with E-state index in [0.717, 1.165) is 33.5 Å². The molecule has 0 aliphatic rings. The summed E-state index contributed by atoms with van der Waals surface area (Å²) in [5, 5.41) is 25.7. The quantitative estimate of drug-likeness (QED) is 0.152. The summed E-state index contributed by atoms with van der Waals surface area (Å²) in [5.41, 5.74) is 18.4. The summed E-state index contributed by atoms with van der Waals surface area (Å²) in [5.74, 6) is 0. The molecule has 0 atom stereocenters. The second-order valence-electron chi connectivity index (χ2n) is 27.5. The van der Waals surface area contributed by atoms with Gasteiger partial charge in [0.2, 0.25) is 0 Å². The Balaban J connectivity index is 0.0000000846. The van der Waals surface area contributed by atoms with E-state index in [1.54, 1.807) is 0 Å². The fourth-order valence-electron chi connectivity index (χ4n) is 17.2. The van der Waals surface area contributed by atoms with Crippen molar-refractivity contribution in [3.8, 4) is 0 Å². The number of aryl methyl sites for hydroxylation is 5. The van der Waals surface area contributed by atoms with Crippen LogP contribution in [0.3, 0.4) is 0 Å². The van der Waals surface area contributed by atoms with Gasteiger partial charge in [0.1, 0.15) is 27.9 Å². The van der Waals surface area contributed by atoms with Gasteiger partial charge in [-0.1, -0.05) is 194 Å². The van der Waals surface area contributed by atoms with Gasteiger partial charge in [-0.25, -0.2) is 0 Å². The largest absolute Gasteiger partial charge is 0.456 e. The van der Waals surface area contributed by atoms with Crippen LogP contribution >= 0.6 is 22.7 Å². The first-order valence-electron chi connectivity index (χ1n) is 35.6. The van der Waals surface area contributed by atoms with E-state index in [1.807, 2.05) is 59.1 Å². The van der Waals surface area contributed by atoms with Gasteiger partial charge >= 0.3 is 0 Å². The van der Waals surface area contributed by atoms with Crippen LogP contribution in [0, 0.1) is 0 Å². The number of fused-ring (bicyclic) bond motifs is 35. The summed E-state index contributed by atoms with van der Waals surface area (Å²) < 4.78 is 35.2. The Bertz CT molecular complexity index is 7490. The van der Waals surface area contributed by atoms with Gasteiger partial charge in [0.05, 0.1) is 21.9 Å². The number of thiophene rings is 2. The van der Waals surface area contributed by atoms with E-state index >= 15 is 0 Å². The first-order chi connectivity index (χ1) is 51.7. The van der Waals surface area contributed by atoms with Gasteiger partial charge in [0.25, 0.3) is 0 Å². The first kappa shape index (κ1) is 60.9. The summed E-state index contributed by atoms with van der Waals surface area (Å²) in [4.78, 5) is 0. The highest BCUT2D eigenvalue weighted by Gasteiger charge is 2.21. The minimum Gasteiger partial charge on any atom is -0.456 e. The molecule has 500 valence electrons. The summed E-state index contributed by atoms with van der Waals surface area (Å²) in [6.45, 7) is 0. The minimum atomic E-state index is 0.949. The van der Waals surface area contributed by atoms with E-state index in [9.17, 15) is 0 Å². The number of hydrogen-bond acceptors (Lipinski definition) is 5. The fourth-order valence-corrected chi connectivity index (χ4v) is 19.6. The van der Waals surface area contributed by atoms with E-state index in [4.69, 9.17) is 13.3 Å². The van der Waals surface area contributed by atoms with E-state index < -0.39 is 0 Å². The molecule has 105 heavy (non-hydrogen) atoms. The van der Waals surface area contributed by atoms with Crippen LogP contribution in [0.25, 0.3) is 215 Å². The van der Waals surface area contributed by atoms with E-state index in [1.165, 1.54) is 182 Å². The maximum absolute atomic E-state index is 6.17. The Labute approximate surface area is 608 Å². The highest BCUT2D eigenvalue weighted by atomic mass is 32.1. The van der Waals surface area contributed by atoms with Crippen LogP contribution in [0.4, 0.5) is 0 Å². The second-order valence-corrected chi connectivity index (χ2v) is 29.7. The molecule has 0 unspecified atom stereocenters. The molecule has 8 nitrogen and oxygen atoms in total. The van der Waals surface area contributed by atoms with Gasteiger partial charge in [-0.3, -0.25) is 0 Å². The van der Waals surface area contributed by atoms with Crippen LogP contribution in [0.15, 0.2) is 317 Å². The summed E-state index contributed by atoms with van der Waals surface area (Å²) in [6, 6.07) is 107. The van der Waals surface area contributed by atoms with Crippen LogP contribution in [-0.2, 0) is 35.2 Å². The zero-order valence-electron chi connectivity index (χ0n) is 58.1. The molecule has 0 saturated carbocycles. The minimum absolute atomic E-state index is 0.949. The molecule has 0 aliphatic carbocycles. The molecule has 15 aromatic carbocycles. The van der Waals surface area contributed by atoms with Crippen molar-refractivity contribution in [1.82, 2.24) is 22.8 Å². The Morgan fingerprint density at radius 3 is 1.15 bits per heavy atom. The van der Waals surface area contributed by atoms with Crippen molar-refractivity contribution in [2.45, 2.75) is 0 Å². The van der Waals surface area contributed by atoms with Crippen LogP contribution in [0.1, 0.15) is 0 Å². The van der Waals surface area contributed by atoms with Crippen molar-refractivity contribution in [2.75, 3.05) is 0 Å². The van der Waals surface area contributed by atoms with Crippen LogP contribution < -0.4 is 0 Å². The molecule has 10 heteroatoms. The van der Waals surface area contributed by atoms with Crippen molar-refractivity contribution in [1.29, 1.82) is 0 Å². The number of benzene rings is 15. The van der Waals surface area contributed by atoms with Gasteiger partial charge in [-0.15, -0.1) is 22.7 Å². The summed E-state index contributed by atoms with van der Waals surface area (Å²) >= 11 is 3.79. The number of aromatic nitrogens is 5. The molecule has 0 spiro atoms. The SMILES string of the molecule is Cn1c2ccccc2c2c3c(ccc21)oc1ccccc13.Cn1c2ccccc2c2c3c(ccc21)sc1ccccc13.Cn1c2ccccc2c2c3oc4ccccc4c3ccc21.Cn1c2ccccc2c2c3sc4ccccc4c3ccc21.Cn1c2ccccc2c2ccc3c4ccccc4oc3c21. The maximum atomic E-state index is 6.17. The van der Waals surface area contributed by atoms with Gasteiger partial charge in [0, 0.05) is 195 Å². The number of rotatable bonds is 0. The molecule has 0 saturated heterocycles. The Kier molecular flexibility index (Phi) is 13.7. The number of nitrogens with zero attached hydrogens (tertiary/aromatic N) is 5. The van der Waals surface area contributed by atoms with Gasteiger partial charge < -0.3 is 36.1 Å². The standard InChI is InChI=1S/3C19H13NO.2C19H13NS/c1-20-15-8-4-2-7-14(15)18-16(20)11-10-13-12-6-3-5-9-17(12)21-19(13)18;1-20-16-8-4-2-6-12(16)14-10-11-15-13-7-3-5-9-17(13)21-19(15)18(14)20;1-20-14-8-4-2-6-12(14)18-15(20)10-11-17-19(18)13-7-3-5-9-16(13)21-17;1-20-15-8-4-2-7-14(15)18-16(20)11-10-13-12-6-3-5-9-17(12)21-19(13)18;1-20-14-8-4-2-6-12(14)18-15(20)10-11-17-19(18)13-7-3-5-9-16(13)21-17/h5*2-11H,1H3. The molecule has 10 heterocycles. The monoisotopic (exact) mass is 1390 g/mol. The predicted octanol–water partition coefficient (Wildman–Crippen LogP) is 27.1. The van der Waals surface area contributed by atoms with Crippen molar-refractivity contribution in [3.63, 3.8) is 0 Å². The van der Waals surface area contributed by atoms with E-state index in [-0.39, 0.29) is 0 Å². The molecule has 0 amide bonds. The molecule has 10 aromatic heterocycles. The molecule has 25 aromatic rings. The number of hydrogen-bond donors (Lipinski definition) is 0. The molecule has 0 N–H and O–H groups in total. The molecule has 0 radical (unpaired) electrons. The topological polar surface area (TPSA) is 64.1 Å². The highest BCUT2D eigenvalue weighted by molar-refractivity contribution is 7.27. The second kappa shape index (κ2) is 23.6. The van der Waals surface area contributed by atoms with Crippen LogP contribution in [0.5, 0.6) is 0 Å². The lowest BCUT2D eigenvalue weighted by Gasteiger charge is -1.98. The van der Waals surface area contributed by atoms with Gasteiger partial charge in [-0.05, 0) is 109 Å². The molecule has 25 rings (SSSR count). The molecular formula is C95H65N5O3S2. The van der Waals surface area contributed by atoms with Crippen molar-refractivity contribution in [2.24, 2.45) is 35.2 Å². The Morgan fingerprint density at radius 1 is 0.190 bits per heavy atom. The third-order valence-electron chi connectivity index (χ3n) is 22.1. The van der Waals surface area contributed by atoms with Gasteiger partial charge in [0.15, 0.2) is 5.58 Å². The van der Waals surface area contributed by atoms with Crippen molar-refractivity contribution in [3.05, 3.63) is 303 Å². The third kappa shape index (κ3) is 9.10. The zero-order chi connectivity index (χ0) is 69.9. The predicted molar refractivity (Wildman–Crippen MR) is 450 cm³/mol. The highest BCUT2D eigenvalue weighted by Crippen LogP contribution is 2.46. The number of furan rings is 3. The third-order valence-corrected chi connectivity index (χ3v) is 24.4. The number of para-hydroxylation sites is 8. The lowest BCUT2D eigenvalue weighted by molar-refractivity contribution is 0.669. The fraction of sp³-hybridized carbons (Fsp3) is 0.0526. The summed E-state index contributed by atoms with van der Waals surface area (Å²) in [6.07, 6.45) is 0. The Morgan fingerprint density at radius 2 is 0.562 bits per heavy atom. The smallest absolute Gasteiger partial charge is 0.159 e. The van der Waals surface area contributed by atoms with Crippen molar-refractivity contribution >= 4 is 238 Å². The van der Waals surface area contributed by atoms with E-state index in [2.05, 4.69) is 325 Å².